The Morgan fingerprint density at radius 1 is 0.889 bits per heavy atom. The number of hydrogen-bond donors (Lipinski definition) is 0. The molecule has 0 aliphatic carbocycles. The molecule has 2 heterocycles. The molecule has 0 spiro atoms. The Balaban J connectivity index is 1.80. The van der Waals surface area contributed by atoms with Crippen LogP contribution < -0.4 is 5.56 Å². The first-order chi connectivity index (χ1) is 17.3. The molecule has 0 saturated heterocycles. The second-order valence-electron chi connectivity index (χ2n) is 8.79. The molecule has 5 rings (SSSR count). The standard InChI is InChI=1S/C28H24FN3OS3/c1-16-8-5-9-17(2)22(16)31-25-24(36-28(31)34)26(33)32(23-18(3)10-6-11-19(23)4)27(30-25)35-15-20-12-7-13-21(29)14-20/h5-14H,15H2,1-4H3. The van der Waals surface area contributed by atoms with Crippen LogP contribution in [0.4, 0.5) is 4.39 Å². The summed E-state index contributed by atoms with van der Waals surface area (Å²) in [5.74, 6) is 0.180. The van der Waals surface area contributed by atoms with Gasteiger partial charge in [-0.2, -0.15) is 0 Å². The predicted molar refractivity (Wildman–Crippen MR) is 150 cm³/mol. The van der Waals surface area contributed by atoms with E-state index in [0.29, 0.717) is 25.2 Å². The summed E-state index contributed by atoms with van der Waals surface area (Å²) in [4.78, 5) is 19.1. The van der Waals surface area contributed by atoms with Gasteiger partial charge in [0.1, 0.15) is 10.5 Å². The molecule has 0 saturated carbocycles. The zero-order valence-corrected chi connectivity index (χ0v) is 22.8. The van der Waals surface area contributed by atoms with E-state index in [0.717, 1.165) is 39.2 Å². The molecule has 3 aromatic carbocycles. The first-order valence-electron chi connectivity index (χ1n) is 11.5. The number of thiazole rings is 1. The quantitative estimate of drug-likeness (QED) is 0.132. The van der Waals surface area contributed by atoms with E-state index in [1.807, 2.05) is 74.7 Å². The van der Waals surface area contributed by atoms with Crippen LogP contribution in [0, 0.1) is 37.5 Å². The predicted octanol–water partition coefficient (Wildman–Crippen LogP) is 7.63. The average molecular weight is 534 g/mol. The van der Waals surface area contributed by atoms with Gasteiger partial charge >= 0.3 is 0 Å². The van der Waals surface area contributed by atoms with Crippen molar-refractivity contribution in [1.82, 2.24) is 14.1 Å². The van der Waals surface area contributed by atoms with Crippen molar-refractivity contribution in [3.63, 3.8) is 0 Å². The Bertz CT molecular complexity index is 1710. The third-order valence-corrected chi connectivity index (χ3v) is 8.52. The van der Waals surface area contributed by atoms with Crippen molar-refractivity contribution in [2.45, 2.75) is 38.6 Å². The van der Waals surface area contributed by atoms with Crippen molar-refractivity contribution in [2.24, 2.45) is 0 Å². The van der Waals surface area contributed by atoms with E-state index in [1.165, 1.54) is 35.2 Å². The van der Waals surface area contributed by atoms with E-state index in [4.69, 9.17) is 17.2 Å². The summed E-state index contributed by atoms with van der Waals surface area (Å²) in [5.41, 5.74) is 7.05. The molecular weight excluding hydrogens is 510 g/mol. The fraction of sp³-hybridized carbons (Fsp3) is 0.179. The van der Waals surface area contributed by atoms with Gasteiger partial charge < -0.3 is 0 Å². The van der Waals surface area contributed by atoms with Gasteiger partial charge in [-0.05, 0) is 79.9 Å². The average Bonchev–Trinajstić information content (AvgIpc) is 3.15. The lowest BCUT2D eigenvalue weighted by atomic mass is 10.1. The van der Waals surface area contributed by atoms with Gasteiger partial charge in [-0.1, -0.05) is 71.6 Å². The fourth-order valence-electron chi connectivity index (χ4n) is 4.52. The number of thioether (sulfide) groups is 1. The van der Waals surface area contributed by atoms with Crippen LogP contribution in [0.15, 0.2) is 70.6 Å². The Morgan fingerprint density at radius 2 is 1.44 bits per heavy atom. The third-order valence-electron chi connectivity index (χ3n) is 6.16. The van der Waals surface area contributed by atoms with E-state index in [-0.39, 0.29) is 11.4 Å². The monoisotopic (exact) mass is 533 g/mol. The van der Waals surface area contributed by atoms with Crippen molar-refractivity contribution in [3.8, 4) is 11.4 Å². The van der Waals surface area contributed by atoms with Crippen LogP contribution in [-0.2, 0) is 5.75 Å². The van der Waals surface area contributed by atoms with E-state index < -0.39 is 0 Å². The van der Waals surface area contributed by atoms with Crippen LogP contribution in [-0.4, -0.2) is 14.1 Å². The van der Waals surface area contributed by atoms with Gasteiger partial charge in [-0.25, -0.2) is 9.37 Å². The summed E-state index contributed by atoms with van der Waals surface area (Å²) >= 11 is 8.47. The molecule has 0 atom stereocenters. The summed E-state index contributed by atoms with van der Waals surface area (Å²) in [7, 11) is 0. The second-order valence-corrected chi connectivity index (χ2v) is 11.4. The van der Waals surface area contributed by atoms with Gasteiger partial charge in [0.05, 0.1) is 11.4 Å². The van der Waals surface area contributed by atoms with Crippen molar-refractivity contribution in [3.05, 3.63) is 109 Å². The molecule has 36 heavy (non-hydrogen) atoms. The molecule has 2 aromatic heterocycles. The molecule has 0 aliphatic rings. The van der Waals surface area contributed by atoms with Gasteiger partial charge in [0.15, 0.2) is 14.8 Å². The van der Waals surface area contributed by atoms with Crippen molar-refractivity contribution >= 4 is 45.7 Å². The minimum absolute atomic E-state index is 0.153. The number of nitrogens with zero attached hydrogens (tertiary/aromatic N) is 3. The number of halogens is 1. The maximum atomic E-state index is 14.1. The number of aromatic nitrogens is 3. The zero-order valence-electron chi connectivity index (χ0n) is 20.3. The fourth-order valence-corrected chi connectivity index (χ4v) is 6.73. The summed E-state index contributed by atoms with van der Waals surface area (Å²) in [5, 5.41) is 0.543. The van der Waals surface area contributed by atoms with Crippen LogP contribution in [0.1, 0.15) is 27.8 Å². The number of aryl methyl sites for hydroxylation is 4. The van der Waals surface area contributed by atoms with Crippen LogP contribution in [0.25, 0.3) is 21.7 Å². The van der Waals surface area contributed by atoms with Crippen LogP contribution in [0.3, 0.4) is 0 Å². The Labute approximate surface area is 222 Å². The highest BCUT2D eigenvalue weighted by molar-refractivity contribution is 7.98. The van der Waals surface area contributed by atoms with Gasteiger partial charge in [-0.3, -0.25) is 13.9 Å². The molecule has 0 amide bonds. The van der Waals surface area contributed by atoms with Gasteiger partial charge in [0.2, 0.25) is 0 Å². The van der Waals surface area contributed by atoms with Gasteiger partial charge in [0, 0.05) is 5.75 Å². The van der Waals surface area contributed by atoms with Crippen molar-refractivity contribution in [2.75, 3.05) is 0 Å². The lowest BCUT2D eigenvalue weighted by Gasteiger charge is -2.17. The highest BCUT2D eigenvalue weighted by atomic mass is 32.2. The van der Waals surface area contributed by atoms with Crippen LogP contribution >= 0.6 is 35.3 Å². The molecule has 0 bridgehead atoms. The summed E-state index contributed by atoms with van der Waals surface area (Å²) in [6.07, 6.45) is 0. The second kappa shape index (κ2) is 9.76. The molecule has 0 radical (unpaired) electrons. The molecule has 4 nitrogen and oxygen atoms in total. The molecular formula is C28H24FN3OS3. The lowest BCUT2D eigenvalue weighted by molar-refractivity contribution is 0.626. The SMILES string of the molecule is Cc1cccc(C)c1-n1c(SCc2cccc(F)c2)nc2c(sc(=S)n2-c2c(C)cccc2C)c1=O. The largest absolute Gasteiger partial charge is 0.278 e. The number of fused-ring (bicyclic) bond motifs is 1. The molecule has 0 aliphatic heterocycles. The number of hydrogen-bond acceptors (Lipinski definition) is 5. The molecule has 5 aromatic rings. The van der Waals surface area contributed by atoms with Crippen molar-refractivity contribution < 1.29 is 4.39 Å². The summed E-state index contributed by atoms with van der Waals surface area (Å²) in [6.45, 7) is 8.05. The highest BCUT2D eigenvalue weighted by Crippen LogP contribution is 2.32. The zero-order chi connectivity index (χ0) is 25.6. The molecule has 0 fully saturated rings. The number of benzene rings is 3. The molecule has 8 heteroatoms. The normalized spacial score (nSPS) is 11.4. The van der Waals surface area contributed by atoms with Crippen LogP contribution in [0.5, 0.6) is 0 Å². The minimum atomic E-state index is -0.287. The molecule has 182 valence electrons. The van der Waals surface area contributed by atoms with E-state index in [9.17, 15) is 9.18 Å². The third kappa shape index (κ3) is 4.34. The molecule has 0 unspecified atom stereocenters. The van der Waals surface area contributed by atoms with Crippen LogP contribution in [0.2, 0.25) is 0 Å². The van der Waals surface area contributed by atoms with E-state index >= 15 is 0 Å². The number of rotatable bonds is 5. The summed E-state index contributed by atoms with van der Waals surface area (Å²) < 4.78 is 18.5. The minimum Gasteiger partial charge on any atom is -0.275 e. The number of para-hydroxylation sites is 2. The maximum absolute atomic E-state index is 14.1. The Morgan fingerprint density at radius 3 is 2.03 bits per heavy atom. The Kier molecular flexibility index (Phi) is 6.68. The van der Waals surface area contributed by atoms with E-state index in [2.05, 4.69) is 0 Å². The summed E-state index contributed by atoms with van der Waals surface area (Å²) in [6, 6.07) is 18.5. The first kappa shape index (κ1) is 24.6. The maximum Gasteiger partial charge on any atom is 0.278 e. The van der Waals surface area contributed by atoms with E-state index in [1.54, 1.807) is 10.6 Å². The lowest BCUT2D eigenvalue weighted by Crippen LogP contribution is -2.23. The van der Waals surface area contributed by atoms with Gasteiger partial charge in [0.25, 0.3) is 5.56 Å². The van der Waals surface area contributed by atoms with Crippen molar-refractivity contribution in [1.29, 1.82) is 0 Å². The van der Waals surface area contributed by atoms with Gasteiger partial charge in [-0.15, -0.1) is 0 Å². The molecule has 0 N–H and O–H groups in total. The highest BCUT2D eigenvalue weighted by Gasteiger charge is 2.22. The topological polar surface area (TPSA) is 39.8 Å². The smallest absolute Gasteiger partial charge is 0.275 e. The first-order valence-corrected chi connectivity index (χ1v) is 13.7. The Hall–Kier alpha value is -3.07.